The zero-order chi connectivity index (χ0) is 85.6. The molecule has 5 aromatic carbocycles. The Morgan fingerprint density at radius 2 is 0.739 bits per heavy atom. The van der Waals surface area contributed by atoms with Crippen molar-refractivity contribution in [3.63, 3.8) is 0 Å². The zero-order valence-electron chi connectivity index (χ0n) is 70.9. The number of amides is 2. The van der Waals surface area contributed by atoms with Crippen LogP contribution in [-0.2, 0) is 72.2 Å². The Morgan fingerprint density at radius 3 is 1.01 bits per heavy atom. The van der Waals surface area contributed by atoms with Gasteiger partial charge in [-0.05, 0) is 149 Å². The van der Waals surface area contributed by atoms with Crippen molar-refractivity contribution in [2.24, 2.45) is 5.73 Å². The van der Waals surface area contributed by atoms with Crippen LogP contribution in [0, 0.1) is 29.1 Å². The summed E-state index contributed by atoms with van der Waals surface area (Å²) in [6.07, 6.45) is 5.88. The number of likely N-dealkylation sites (N-methyl/N-ethyl adjacent to an activating group) is 2. The number of aryl methyl sites for hydroxylation is 4. The lowest BCUT2D eigenvalue weighted by Crippen LogP contribution is -2.25. The molecule has 2 amide bonds. The highest BCUT2D eigenvalue weighted by Gasteiger charge is 2.31. The topological polar surface area (TPSA) is 305 Å². The molecule has 23 nitrogen and oxygen atoms in total. The second-order valence-corrected chi connectivity index (χ2v) is 35.9. The molecule has 1 fully saturated rings. The van der Waals surface area contributed by atoms with Crippen LogP contribution in [0.25, 0.3) is 54.5 Å². The van der Waals surface area contributed by atoms with E-state index in [-0.39, 0.29) is 112 Å². The molecular formula is C86H114F5N13O10S. The lowest BCUT2D eigenvalue weighted by atomic mass is 9.86. The van der Waals surface area contributed by atoms with E-state index in [2.05, 4.69) is 75.9 Å². The van der Waals surface area contributed by atoms with E-state index in [1.165, 1.54) is 31.5 Å². The molecule has 1 aliphatic carbocycles. The van der Waals surface area contributed by atoms with E-state index in [4.69, 9.17) is 34.5 Å². The maximum absolute atomic E-state index is 14.6. The number of sulfone groups is 1. The number of aliphatic hydroxyl groups is 1. The number of fused-ring (bicyclic) bond motifs is 5. The van der Waals surface area contributed by atoms with Crippen molar-refractivity contribution in [1.29, 1.82) is 0 Å². The fraction of sp³-hybridized carbons (Fsp3) is 0.512. The standard InChI is InChI=1S/C18H26FN3O.C18H25FN2O3S.C17H22FN3O2.C17H21FN2O2.C16H20FN3O2/c1-7-15-20-16-13(17(21-15)23-9-8-22(5)6)10-12(11-14(16)19)18(2,3)4;1-6-15-20-16-13(10-12(11-14(16)19)18(2,3)4)17(21-15)24-8-7-9-25(5,22)23;1-6-13-20-15-11(16(21-13)23-9-14(22)19-5)7-10(8-12(15)18)17(2,3)4;1-17(2,3)11-8-12-14(13(18)9-11)19-15(10-4-5-10)20-16(12)22-7-6-21;1-5-13-19-14-10(15(20-13)22-8-12(18)21)6-9(7-11(14)17)16(2,3)4/h10-11H,7-9H2,1-6H3;10-11H,6-9H2,1-5H3;7-8H,6,9H2,1-5H3,(H,19,22);8-10,21H,4-7H2,1-3H3;6-7H,5,8H2,1-4H3,(H2,18,21). The second kappa shape index (κ2) is 38.8. The minimum atomic E-state index is -3.04. The molecule has 0 aliphatic heterocycles. The number of nitrogens with two attached hydrogens (primary N) is 1. The van der Waals surface area contributed by atoms with E-state index >= 15 is 0 Å². The summed E-state index contributed by atoms with van der Waals surface area (Å²) < 4.78 is 123. The fourth-order valence-corrected chi connectivity index (χ4v) is 11.8. The van der Waals surface area contributed by atoms with E-state index in [9.17, 15) is 40.0 Å². The maximum atomic E-state index is 14.6. The first-order valence-corrected chi connectivity index (χ1v) is 40.8. The van der Waals surface area contributed by atoms with Crippen LogP contribution in [0.5, 0.6) is 29.4 Å². The maximum Gasteiger partial charge on any atom is 0.257 e. The summed E-state index contributed by atoms with van der Waals surface area (Å²) in [7, 11) is 2.45. The van der Waals surface area contributed by atoms with E-state index in [0.717, 1.165) is 47.2 Å². The van der Waals surface area contributed by atoms with Crippen molar-refractivity contribution in [2.75, 3.05) is 79.3 Å². The van der Waals surface area contributed by atoms with Crippen LogP contribution in [0.4, 0.5) is 22.0 Å². The molecule has 11 rings (SSSR count). The van der Waals surface area contributed by atoms with Gasteiger partial charge in [-0.2, -0.15) is 24.9 Å². The number of primary amides is 1. The summed E-state index contributed by atoms with van der Waals surface area (Å²) in [5.41, 5.74) is 9.59. The highest BCUT2D eigenvalue weighted by molar-refractivity contribution is 7.90. The number of carbonyl (C=O) groups is 2. The molecule has 0 radical (unpaired) electrons. The molecule has 0 unspecified atom stereocenters. The Balaban J connectivity index is 0.000000199. The number of carbonyl (C=O) groups excluding carboxylic acids is 2. The molecule has 624 valence electrons. The average Bonchev–Trinajstić information content (AvgIpc) is 1.39. The van der Waals surface area contributed by atoms with Crippen molar-refractivity contribution in [3.05, 3.63) is 147 Å². The number of hydrogen-bond acceptors (Lipinski definition) is 21. The third kappa shape index (κ3) is 25.9. The van der Waals surface area contributed by atoms with Gasteiger partial charge in [-0.15, -0.1) is 0 Å². The molecule has 5 heterocycles. The smallest absolute Gasteiger partial charge is 0.257 e. The van der Waals surface area contributed by atoms with Crippen LogP contribution >= 0.6 is 0 Å². The lowest BCUT2D eigenvalue weighted by Gasteiger charge is -2.20. The van der Waals surface area contributed by atoms with Crippen molar-refractivity contribution < 1.29 is 68.7 Å². The molecule has 0 atom stereocenters. The third-order valence-electron chi connectivity index (χ3n) is 18.3. The van der Waals surface area contributed by atoms with Gasteiger partial charge in [-0.3, -0.25) is 9.59 Å². The molecular weight excluding hydrogens is 1500 g/mol. The molecule has 0 bridgehead atoms. The number of hydrogen-bond donors (Lipinski definition) is 3. The molecule has 0 saturated heterocycles. The first-order chi connectivity index (χ1) is 53.6. The summed E-state index contributed by atoms with van der Waals surface area (Å²) >= 11 is 0. The number of ether oxygens (including phenoxy) is 5. The van der Waals surface area contributed by atoms with Crippen molar-refractivity contribution in [3.8, 4) is 29.4 Å². The van der Waals surface area contributed by atoms with Crippen LogP contribution < -0.4 is 34.7 Å². The van der Waals surface area contributed by atoms with Crippen LogP contribution in [0.2, 0.25) is 0 Å². The number of aliphatic hydroxyl groups excluding tert-OH is 1. The van der Waals surface area contributed by atoms with Gasteiger partial charge in [-0.25, -0.2) is 55.3 Å². The minimum absolute atomic E-state index is 0.0399. The van der Waals surface area contributed by atoms with E-state index < -0.39 is 33.2 Å². The molecule has 5 aromatic heterocycles. The Kier molecular flexibility index (Phi) is 31.2. The van der Waals surface area contributed by atoms with Gasteiger partial charge in [0.25, 0.3) is 11.8 Å². The van der Waals surface area contributed by atoms with Crippen LogP contribution in [0.3, 0.4) is 0 Å². The van der Waals surface area contributed by atoms with Gasteiger partial charge < -0.3 is 44.7 Å². The molecule has 1 aliphatic rings. The highest BCUT2D eigenvalue weighted by Crippen LogP contribution is 2.42. The summed E-state index contributed by atoms with van der Waals surface area (Å²) in [6.45, 7) is 38.8. The molecule has 1 saturated carbocycles. The lowest BCUT2D eigenvalue weighted by molar-refractivity contribution is -0.122. The normalized spacial score (nSPS) is 12.6. The second-order valence-electron chi connectivity index (χ2n) is 33.6. The van der Waals surface area contributed by atoms with Gasteiger partial charge in [0.05, 0.1) is 45.9 Å². The quantitative estimate of drug-likeness (QED) is 0.0396. The predicted octanol–water partition coefficient (Wildman–Crippen LogP) is 15.6. The van der Waals surface area contributed by atoms with E-state index in [0.29, 0.717) is 129 Å². The third-order valence-corrected chi connectivity index (χ3v) is 19.3. The van der Waals surface area contributed by atoms with Gasteiger partial charge in [-0.1, -0.05) is 132 Å². The van der Waals surface area contributed by atoms with Crippen molar-refractivity contribution >= 4 is 76.2 Å². The molecule has 10 aromatic rings. The molecule has 115 heavy (non-hydrogen) atoms. The highest BCUT2D eigenvalue weighted by atomic mass is 32.2. The summed E-state index contributed by atoms with van der Waals surface area (Å²) in [4.78, 5) is 67.7. The largest absolute Gasteiger partial charge is 0.477 e. The Morgan fingerprint density at radius 1 is 0.452 bits per heavy atom. The van der Waals surface area contributed by atoms with Crippen LogP contribution in [0.1, 0.15) is 214 Å². The van der Waals surface area contributed by atoms with Crippen molar-refractivity contribution in [1.82, 2.24) is 60.1 Å². The van der Waals surface area contributed by atoms with Gasteiger partial charge in [0.1, 0.15) is 109 Å². The average molecular weight is 1620 g/mol. The molecule has 4 N–H and O–H groups in total. The number of nitrogens with one attached hydrogen (secondary N) is 1. The number of halogens is 5. The SMILES string of the molecule is CC(C)(C)c1cc(F)c2nc(C3CC3)nc(OCCO)c2c1.CCc1nc(OCC(=O)NC)c2cc(C(C)(C)C)cc(F)c2n1.CCc1nc(OCC(N)=O)c2cc(C(C)(C)C)cc(F)c2n1.CCc1nc(OCCCS(C)(=O)=O)c2cc(C(C)(C)C)cc(F)c2n1.CCc1nc(OCCN(C)C)c2cc(C(C)(C)C)cc(F)c2n1. The van der Waals surface area contributed by atoms with Gasteiger partial charge in [0.2, 0.25) is 29.4 Å². The van der Waals surface area contributed by atoms with Crippen LogP contribution in [-0.4, -0.2) is 159 Å². The van der Waals surface area contributed by atoms with Crippen LogP contribution in [0.15, 0.2) is 60.7 Å². The van der Waals surface area contributed by atoms with E-state index in [1.807, 2.05) is 154 Å². The molecule has 0 spiro atoms. The first-order valence-electron chi connectivity index (χ1n) is 38.7. The molecule has 29 heteroatoms. The zero-order valence-corrected chi connectivity index (χ0v) is 71.7. The van der Waals surface area contributed by atoms with E-state index in [1.54, 1.807) is 18.2 Å². The summed E-state index contributed by atoms with van der Waals surface area (Å²) in [5.74, 6) is 1.79. The van der Waals surface area contributed by atoms with Gasteiger partial charge in [0.15, 0.2) is 13.2 Å². The van der Waals surface area contributed by atoms with Gasteiger partial charge >= 0.3 is 0 Å². The number of aromatic nitrogens is 10. The minimum Gasteiger partial charge on any atom is -0.477 e. The summed E-state index contributed by atoms with van der Waals surface area (Å²) in [6, 6.07) is 16.9. The van der Waals surface area contributed by atoms with Crippen molar-refractivity contribution in [2.45, 2.75) is 209 Å². The number of benzene rings is 5. The fourth-order valence-electron chi connectivity index (χ4n) is 11.2. The Bertz CT molecular complexity index is 5230. The van der Waals surface area contributed by atoms with Gasteiger partial charge in [0, 0.05) is 51.4 Å². The summed E-state index contributed by atoms with van der Waals surface area (Å²) in [5, 5.41) is 14.1. The Labute approximate surface area is 672 Å². The first kappa shape index (κ1) is 92.4. The number of nitrogens with zero attached hydrogens (tertiary/aromatic N) is 11. The Hall–Kier alpha value is -9.74. The monoisotopic (exact) mass is 1620 g/mol. The number of rotatable bonds is 23. The predicted molar refractivity (Wildman–Crippen MR) is 441 cm³/mol.